The molecule has 0 heterocycles. The van der Waals surface area contributed by atoms with Gasteiger partial charge in [0.15, 0.2) is 9.84 Å². The maximum atomic E-state index is 11.7. The first-order valence-corrected chi connectivity index (χ1v) is 5.86. The zero-order chi connectivity index (χ0) is 10.8. The van der Waals surface area contributed by atoms with Gasteiger partial charge in [0.2, 0.25) is 0 Å². The minimum absolute atomic E-state index is 0.239. The molecule has 0 aliphatic rings. The molecule has 0 aromatic heterocycles. The summed E-state index contributed by atoms with van der Waals surface area (Å²) in [6.07, 6.45) is 5.01. The molecule has 1 aromatic carbocycles. The largest absolute Gasteiger partial charge is 0.223 e. The van der Waals surface area contributed by atoms with Gasteiger partial charge in [-0.3, -0.25) is 0 Å². The van der Waals surface area contributed by atoms with Crippen molar-refractivity contribution in [2.75, 3.05) is 5.75 Å². The van der Waals surface area contributed by atoms with Crippen molar-refractivity contribution in [1.29, 1.82) is 0 Å². The van der Waals surface area contributed by atoms with Crippen LogP contribution in [0.3, 0.4) is 0 Å². The van der Waals surface area contributed by atoms with Crippen molar-refractivity contribution in [2.24, 2.45) is 0 Å². The molecule has 0 amide bonds. The second kappa shape index (κ2) is 3.85. The fraction of sp³-hybridized carbons (Fsp3) is 0.273. The number of terminal acetylenes is 1. The van der Waals surface area contributed by atoms with E-state index in [1.54, 1.807) is 19.1 Å². The van der Waals surface area contributed by atoms with Crippen LogP contribution in [0.1, 0.15) is 11.1 Å². The van der Waals surface area contributed by atoms with Gasteiger partial charge in [0.1, 0.15) is 5.75 Å². The zero-order valence-electron chi connectivity index (χ0n) is 8.24. The summed E-state index contributed by atoms with van der Waals surface area (Å²) in [6.45, 7) is 3.62. The Hall–Kier alpha value is -1.27. The maximum Gasteiger partial charge on any atom is 0.189 e. The lowest BCUT2D eigenvalue weighted by Crippen LogP contribution is -2.07. The molecule has 0 bridgehead atoms. The predicted octanol–water partition coefficient (Wildman–Crippen LogP) is 1.71. The molecular formula is C11H12O2S. The van der Waals surface area contributed by atoms with Gasteiger partial charge in [-0.25, -0.2) is 8.42 Å². The van der Waals surface area contributed by atoms with Crippen molar-refractivity contribution in [3.8, 4) is 12.3 Å². The van der Waals surface area contributed by atoms with Crippen molar-refractivity contribution in [1.82, 2.24) is 0 Å². The lowest BCUT2D eigenvalue weighted by Gasteiger charge is -2.05. The quantitative estimate of drug-likeness (QED) is 0.693. The fourth-order valence-corrected chi connectivity index (χ4v) is 2.53. The summed E-state index contributed by atoms with van der Waals surface area (Å²) in [5.41, 5.74) is 1.66. The van der Waals surface area contributed by atoms with Crippen LogP contribution in [0.5, 0.6) is 0 Å². The molecule has 1 aromatic rings. The normalized spacial score (nSPS) is 10.9. The van der Waals surface area contributed by atoms with E-state index in [9.17, 15) is 8.42 Å². The Morgan fingerprint density at radius 1 is 1.36 bits per heavy atom. The van der Waals surface area contributed by atoms with Crippen molar-refractivity contribution < 1.29 is 8.42 Å². The Morgan fingerprint density at radius 3 is 2.57 bits per heavy atom. The van der Waals surface area contributed by atoms with Crippen LogP contribution >= 0.6 is 0 Å². The Kier molecular flexibility index (Phi) is 2.97. The minimum Gasteiger partial charge on any atom is -0.223 e. The molecule has 0 N–H and O–H groups in total. The molecule has 0 spiro atoms. The Balaban J connectivity index is 3.33. The number of benzene rings is 1. The third kappa shape index (κ3) is 2.15. The highest BCUT2D eigenvalue weighted by atomic mass is 32.2. The van der Waals surface area contributed by atoms with Gasteiger partial charge in [0.25, 0.3) is 0 Å². The third-order valence-electron chi connectivity index (χ3n) is 1.95. The molecule has 0 saturated carbocycles. The highest BCUT2D eigenvalue weighted by Gasteiger charge is 2.15. The Labute approximate surface area is 84.9 Å². The van der Waals surface area contributed by atoms with Crippen LogP contribution in [0.2, 0.25) is 0 Å². The molecule has 0 aliphatic heterocycles. The van der Waals surface area contributed by atoms with E-state index in [1.165, 1.54) is 0 Å². The second-order valence-corrected chi connectivity index (χ2v) is 5.19. The van der Waals surface area contributed by atoms with Crippen LogP contribution in [0, 0.1) is 26.2 Å². The molecule has 0 atom stereocenters. The number of sulfone groups is 1. The van der Waals surface area contributed by atoms with E-state index in [2.05, 4.69) is 5.92 Å². The molecule has 1 rings (SSSR count). The van der Waals surface area contributed by atoms with Gasteiger partial charge in [-0.05, 0) is 31.0 Å². The molecule has 0 fully saturated rings. The SMILES string of the molecule is C#CCS(=O)(=O)c1cc(C)ccc1C. The van der Waals surface area contributed by atoms with E-state index in [0.717, 1.165) is 11.1 Å². The lowest BCUT2D eigenvalue weighted by molar-refractivity contribution is 0.599. The molecular weight excluding hydrogens is 196 g/mol. The van der Waals surface area contributed by atoms with Gasteiger partial charge in [-0.1, -0.05) is 18.1 Å². The zero-order valence-corrected chi connectivity index (χ0v) is 9.06. The summed E-state index contributed by atoms with van der Waals surface area (Å²) in [5.74, 6) is 1.93. The van der Waals surface area contributed by atoms with E-state index < -0.39 is 9.84 Å². The van der Waals surface area contributed by atoms with Crippen LogP contribution in [-0.4, -0.2) is 14.2 Å². The lowest BCUT2D eigenvalue weighted by atomic mass is 10.2. The standard InChI is InChI=1S/C11H12O2S/c1-4-7-14(12,13)11-8-9(2)5-6-10(11)3/h1,5-6,8H,7H2,2-3H3. The van der Waals surface area contributed by atoms with Crippen LogP contribution in [-0.2, 0) is 9.84 Å². The summed E-state index contributed by atoms with van der Waals surface area (Å²) in [5, 5.41) is 0. The van der Waals surface area contributed by atoms with Gasteiger partial charge >= 0.3 is 0 Å². The molecule has 14 heavy (non-hydrogen) atoms. The number of aryl methyl sites for hydroxylation is 2. The van der Waals surface area contributed by atoms with Crippen LogP contribution in [0.4, 0.5) is 0 Å². The summed E-state index contributed by atoms with van der Waals surface area (Å²) in [4.78, 5) is 0.343. The number of hydrogen-bond donors (Lipinski definition) is 0. The molecule has 0 aliphatic carbocycles. The Morgan fingerprint density at radius 2 is 2.00 bits per heavy atom. The Bertz CT molecular complexity index is 478. The van der Waals surface area contributed by atoms with E-state index in [0.29, 0.717) is 4.90 Å². The maximum absolute atomic E-state index is 11.7. The van der Waals surface area contributed by atoms with E-state index in [1.807, 2.05) is 13.0 Å². The van der Waals surface area contributed by atoms with E-state index in [-0.39, 0.29) is 5.75 Å². The summed E-state index contributed by atoms with van der Waals surface area (Å²) in [6, 6.07) is 5.32. The molecule has 0 saturated heterocycles. The van der Waals surface area contributed by atoms with E-state index in [4.69, 9.17) is 6.42 Å². The number of rotatable bonds is 2. The van der Waals surface area contributed by atoms with Gasteiger partial charge in [0, 0.05) is 0 Å². The average molecular weight is 208 g/mol. The molecule has 2 nitrogen and oxygen atoms in total. The van der Waals surface area contributed by atoms with Crippen molar-refractivity contribution in [3.05, 3.63) is 29.3 Å². The van der Waals surface area contributed by atoms with Gasteiger partial charge in [-0.15, -0.1) is 6.42 Å². The van der Waals surface area contributed by atoms with Crippen molar-refractivity contribution in [2.45, 2.75) is 18.7 Å². The number of hydrogen-bond acceptors (Lipinski definition) is 2. The second-order valence-electron chi connectivity index (χ2n) is 3.23. The molecule has 0 radical (unpaired) electrons. The summed E-state index contributed by atoms with van der Waals surface area (Å²) >= 11 is 0. The predicted molar refractivity (Wildman–Crippen MR) is 56.8 cm³/mol. The first kappa shape index (κ1) is 10.8. The van der Waals surface area contributed by atoms with Crippen molar-refractivity contribution >= 4 is 9.84 Å². The topological polar surface area (TPSA) is 34.1 Å². The van der Waals surface area contributed by atoms with Crippen LogP contribution in [0.15, 0.2) is 23.1 Å². The summed E-state index contributed by atoms with van der Waals surface area (Å²) in [7, 11) is -3.30. The highest BCUT2D eigenvalue weighted by Crippen LogP contribution is 2.17. The van der Waals surface area contributed by atoms with Gasteiger partial charge in [0.05, 0.1) is 4.90 Å². The van der Waals surface area contributed by atoms with Crippen molar-refractivity contribution in [3.63, 3.8) is 0 Å². The highest BCUT2D eigenvalue weighted by molar-refractivity contribution is 7.91. The third-order valence-corrected chi connectivity index (χ3v) is 3.61. The monoisotopic (exact) mass is 208 g/mol. The molecule has 3 heteroatoms. The fourth-order valence-electron chi connectivity index (χ4n) is 1.23. The summed E-state index contributed by atoms with van der Waals surface area (Å²) < 4.78 is 23.3. The first-order valence-electron chi connectivity index (χ1n) is 4.21. The minimum atomic E-state index is -3.30. The molecule has 0 unspecified atom stereocenters. The van der Waals surface area contributed by atoms with Gasteiger partial charge < -0.3 is 0 Å². The van der Waals surface area contributed by atoms with Gasteiger partial charge in [-0.2, -0.15) is 0 Å². The smallest absolute Gasteiger partial charge is 0.189 e. The van der Waals surface area contributed by atoms with E-state index >= 15 is 0 Å². The average Bonchev–Trinajstić information content (AvgIpc) is 2.09. The first-order chi connectivity index (χ1) is 6.47. The van der Waals surface area contributed by atoms with Crippen LogP contribution < -0.4 is 0 Å². The molecule has 74 valence electrons. The van der Waals surface area contributed by atoms with Crippen LogP contribution in [0.25, 0.3) is 0 Å².